The van der Waals surface area contributed by atoms with Crippen molar-refractivity contribution in [2.24, 2.45) is 5.92 Å². The standard InChI is InChI=1S/C10H17NO3S/c1-7(5-8(2)10(12)13)6-9(3)15(4,11)14/h6,8,11H,1,5H2,2-4H3,(H,12,13)/b9-6+/t8-,15?/m0/s1. The number of aliphatic carboxylic acids is 1. The van der Waals surface area contributed by atoms with Crippen LogP contribution in [0.25, 0.3) is 0 Å². The summed E-state index contributed by atoms with van der Waals surface area (Å²) in [6, 6.07) is 0. The van der Waals surface area contributed by atoms with Crippen molar-refractivity contribution in [1.82, 2.24) is 0 Å². The molecule has 0 saturated carbocycles. The number of hydrogen-bond acceptors (Lipinski definition) is 3. The Balaban J connectivity index is 4.59. The van der Waals surface area contributed by atoms with Crippen LogP contribution in [0.1, 0.15) is 20.3 Å². The quantitative estimate of drug-likeness (QED) is 0.712. The molecule has 0 heterocycles. The zero-order valence-corrected chi connectivity index (χ0v) is 10.1. The third-order valence-corrected chi connectivity index (χ3v) is 3.36. The smallest absolute Gasteiger partial charge is 0.306 e. The Bertz CT molecular complexity index is 393. The van der Waals surface area contributed by atoms with Gasteiger partial charge in [-0.15, -0.1) is 0 Å². The van der Waals surface area contributed by atoms with Gasteiger partial charge in [-0.05, 0) is 19.4 Å². The highest BCUT2D eigenvalue weighted by Crippen LogP contribution is 2.15. The van der Waals surface area contributed by atoms with Crippen molar-refractivity contribution >= 4 is 15.7 Å². The largest absolute Gasteiger partial charge is 0.481 e. The molecule has 0 amide bonds. The third kappa shape index (κ3) is 5.37. The maximum Gasteiger partial charge on any atom is 0.306 e. The molecule has 5 heteroatoms. The number of allylic oxidation sites excluding steroid dienone is 3. The highest BCUT2D eigenvalue weighted by Gasteiger charge is 2.11. The van der Waals surface area contributed by atoms with E-state index in [1.165, 1.54) is 12.3 Å². The lowest BCUT2D eigenvalue weighted by atomic mass is 10.0. The lowest BCUT2D eigenvalue weighted by Gasteiger charge is -2.07. The van der Waals surface area contributed by atoms with E-state index in [9.17, 15) is 9.00 Å². The summed E-state index contributed by atoms with van der Waals surface area (Å²) >= 11 is 0. The summed E-state index contributed by atoms with van der Waals surface area (Å²) in [5.41, 5.74) is 0.587. The summed E-state index contributed by atoms with van der Waals surface area (Å²) in [5, 5.41) is 8.67. The Morgan fingerprint density at radius 3 is 2.47 bits per heavy atom. The molecule has 4 nitrogen and oxygen atoms in total. The van der Waals surface area contributed by atoms with Crippen molar-refractivity contribution in [3.63, 3.8) is 0 Å². The van der Waals surface area contributed by atoms with Gasteiger partial charge in [-0.2, -0.15) is 0 Å². The Morgan fingerprint density at radius 2 is 2.13 bits per heavy atom. The normalized spacial score (nSPS) is 17.9. The fraction of sp³-hybridized carbons (Fsp3) is 0.500. The molecule has 0 rings (SSSR count). The van der Waals surface area contributed by atoms with Gasteiger partial charge in [0.25, 0.3) is 0 Å². The first-order valence-electron chi connectivity index (χ1n) is 4.47. The van der Waals surface area contributed by atoms with Crippen LogP contribution in [0.5, 0.6) is 0 Å². The minimum Gasteiger partial charge on any atom is -0.481 e. The van der Waals surface area contributed by atoms with E-state index in [0.29, 0.717) is 16.9 Å². The summed E-state index contributed by atoms with van der Waals surface area (Å²) in [6.07, 6.45) is 3.17. The summed E-state index contributed by atoms with van der Waals surface area (Å²) in [7, 11) is -2.70. The van der Waals surface area contributed by atoms with Crippen molar-refractivity contribution in [2.45, 2.75) is 20.3 Å². The summed E-state index contributed by atoms with van der Waals surface area (Å²) in [6.45, 7) is 6.86. The van der Waals surface area contributed by atoms with Crippen molar-refractivity contribution in [2.75, 3.05) is 6.26 Å². The summed E-state index contributed by atoms with van der Waals surface area (Å²) in [5.74, 6) is -1.40. The van der Waals surface area contributed by atoms with Crippen LogP contribution in [-0.2, 0) is 14.5 Å². The molecule has 0 aliphatic rings. The highest BCUT2D eigenvalue weighted by molar-refractivity contribution is 7.95. The molecule has 0 aromatic carbocycles. The molecule has 86 valence electrons. The first kappa shape index (κ1) is 13.9. The van der Waals surface area contributed by atoms with Crippen LogP contribution in [0.3, 0.4) is 0 Å². The predicted molar refractivity (Wildman–Crippen MR) is 61.1 cm³/mol. The van der Waals surface area contributed by atoms with E-state index >= 15 is 0 Å². The molecule has 1 unspecified atom stereocenters. The predicted octanol–water partition coefficient (Wildman–Crippen LogP) is 2.23. The number of carboxylic acids is 1. The summed E-state index contributed by atoms with van der Waals surface area (Å²) < 4.78 is 18.6. The van der Waals surface area contributed by atoms with Gasteiger partial charge in [0.15, 0.2) is 0 Å². The molecule has 0 spiro atoms. The zero-order valence-electron chi connectivity index (χ0n) is 9.24. The molecule has 0 fully saturated rings. The molecule has 2 N–H and O–H groups in total. The van der Waals surface area contributed by atoms with E-state index in [2.05, 4.69) is 6.58 Å². The molecule has 0 aromatic rings. The van der Waals surface area contributed by atoms with Crippen LogP contribution < -0.4 is 0 Å². The minimum absolute atomic E-state index is 0.308. The first-order valence-corrected chi connectivity index (χ1v) is 6.44. The van der Waals surface area contributed by atoms with Gasteiger partial charge in [0, 0.05) is 11.2 Å². The second kappa shape index (κ2) is 5.11. The topological polar surface area (TPSA) is 78.2 Å². The maximum absolute atomic E-state index is 11.3. The van der Waals surface area contributed by atoms with Gasteiger partial charge in [-0.25, -0.2) is 8.99 Å². The van der Waals surface area contributed by atoms with Gasteiger partial charge >= 0.3 is 5.97 Å². The maximum atomic E-state index is 11.3. The molecular weight excluding hydrogens is 214 g/mol. The lowest BCUT2D eigenvalue weighted by molar-refractivity contribution is -0.141. The molecule has 0 radical (unpaired) electrons. The Morgan fingerprint density at radius 1 is 1.67 bits per heavy atom. The highest BCUT2D eigenvalue weighted by atomic mass is 32.2. The fourth-order valence-electron chi connectivity index (χ4n) is 0.939. The number of nitrogens with one attached hydrogen (secondary N) is 1. The molecule has 0 bridgehead atoms. The van der Waals surface area contributed by atoms with E-state index in [0.717, 1.165) is 0 Å². The van der Waals surface area contributed by atoms with E-state index in [1.54, 1.807) is 13.8 Å². The molecular formula is C10H17NO3S. The monoisotopic (exact) mass is 231 g/mol. The van der Waals surface area contributed by atoms with E-state index < -0.39 is 21.6 Å². The Labute approximate surface area is 90.7 Å². The van der Waals surface area contributed by atoms with Crippen molar-refractivity contribution in [3.8, 4) is 0 Å². The Kier molecular flexibility index (Phi) is 4.74. The molecule has 0 aliphatic heterocycles. The van der Waals surface area contributed by atoms with Gasteiger partial charge < -0.3 is 5.11 Å². The lowest BCUT2D eigenvalue weighted by Crippen LogP contribution is -2.09. The van der Waals surface area contributed by atoms with Gasteiger partial charge in [0.2, 0.25) is 0 Å². The second-order valence-corrected chi connectivity index (χ2v) is 6.03. The van der Waals surface area contributed by atoms with Crippen LogP contribution in [0, 0.1) is 10.7 Å². The van der Waals surface area contributed by atoms with Crippen LogP contribution in [-0.4, -0.2) is 21.5 Å². The van der Waals surface area contributed by atoms with Gasteiger partial charge in [-0.1, -0.05) is 19.1 Å². The van der Waals surface area contributed by atoms with Crippen molar-refractivity contribution in [3.05, 3.63) is 23.1 Å². The average Bonchev–Trinajstić information content (AvgIpc) is 2.01. The molecule has 0 aliphatic carbocycles. The van der Waals surface area contributed by atoms with E-state index in [-0.39, 0.29) is 0 Å². The van der Waals surface area contributed by atoms with Gasteiger partial charge in [0.05, 0.1) is 15.6 Å². The number of rotatable bonds is 5. The minimum atomic E-state index is -2.70. The van der Waals surface area contributed by atoms with Gasteiger partial charge in [-0.3, -0.25) is 4.79 Å². The zero-order chi connectivity index (χ0) is 12.2. The number of carboxylic acid groups (broad SMARTS) is 1. The van der Waals surface area contributed by atoms with Crippen LogP contribution >= 0.6 is 0 Å². The van der Waals surface area contributed by atoms with Gasteiger partial charge in [0.1, 0.15) is 0 Å². The van der Waals surface area contributed by atoms with E-state index in [1.807, 2.05) is 0 Å². The Hall–Kier alpha value is -1.10. The van der Waals surface area contributed by atoms with Crippen LogP contribution in [0.2, 0.25) is 0 Å². The molecule has 2 atom stereocenters. The SMILES string of the molecule is C=C(/C=C(\C)S(C)(=N)=O)C[C@H](C)C(=O)O. The number of carbonyl (C=O) groups is 1. The second-order valence-electron chi connectivity index (χ2n) is 3.70. The van der Waals surface area contributed by atoms with Crippen molar-refractivity contribution in [1.29, 1.82) is 4.78 Å². The average molecular weight is 231 g/mol. The number of hydrogen-bond donors (Lipinski definition) is 2. The summed E-state index contributed by atoms with van der Waals surface area (Å²) in [4.78, 5) is 11.0. The van der Waals surface area contributed by atoms with Crippen LogP contribution in [0.4, 0.5) is 0 Å². The van der Waals surface area contributed by atoms with E-state index in [4.69, 9.17) is 9.89 Å². The molecule has 0 aromatic heterocycles. The van der Waals surface area contributed by atoms with Crippen molar-refractivity contribution < 1.29 is 14.1 Å². The molecule has 0 saturated heterocycles. The fourth-order valence-corrected chi connectivity index (χ4v) is 1.33. The molecule has 15 heavy (non-hydrogen) atoms. The first-order chi connectivity index (χ1) is 6.64. The third-order valence-electron chi connectivity index (χ3n) is 2.01. The van der Waals surface area contributed by atoms with Crippen LogP contribution in [0.15, 0.2) is 23.1 Å².